The van der Waals surface area contributed by atoms with Crippen molar-refractivity contribution in [2.24, 2.45) is 0 Å². The molecule has 0 heterocycles. The van der Waals surface area contributed by atoms with Crippen LogP contribution in [0.2, 0.25) is 16.1 Å². The molecule has 144 valence electrons. The van der Waals surface area contributed by atoms with Crippen LogP contribution in [0.3, 0.4) is 0 Å². The SMILES string of the molecule is CCc1cc(CC)cc([Si](C(C)C)(C(C)C)C2(C)C=C(C)C(C)=C2C)c1. The van der Waals surface area contributed by atoms with E-state index in [1.54, 1.807) is 10.8 Å². The maximum atomic E-state index is 2.63. The zero-order chi connectivity index (χ0) is 19.9. The summed E-state index contributed by atoms with van der Waals surface area (Å²) in [5, 5.41) is 1.88. The first-order valence-corrected chi connectivity index (χ1v) is 12.7. The van der Waals surface area contributed by atoms with Crippen molar-refractivity contribution >= 4 is 13.3 Å². The fraction of sp³-hybridized carbons (Fsp3) is 0.600. The average Bonchev–Trinajstić information content (AvgIpc) is 2.78. The van der Waals surface area contributed by atoms with Gasteiger partial charge < -0.3 is 0 Å². The zero-order valence-corrected chi connectivity index (χ0v) is 19.9. The third kappa shape index (κ3) is 2.97. The van der Waals surface area contributed by atoms with E-state index in [9.17, 15) is 0 Å². The van der Waals surface area contributed by atoms with Gasteiger partial charge in [-0.2, -0.15) is 0 Å². The first-order valence-electron chi connectivity index (χ1n) is 10.6. The van der Waals surface area contributed by atoms with Gasteiger partial charge in [0.2, 0.25) is 0 Å². The van der Waals surface area contributed by atoms with Crippen LogP contribution in [-0.4, -0.2) is 8.07 Å². The minimum absolute atomic E-state index is 0.195. The molecular formula is C25H40Si. The lowest BCUT2D eigenvalue weighted by Crippen LogP contribution is -2.61. The summed E-state index contributed by atoms with van der Waals surface area (Å²) in [7, 11) is -1.89. The summed E-state index contributed by atoms with van der Waals surface area (Å²) >= 11 is 0. The van der Waals surface area contributed by atoms with Crippen molar-refractivity contribution in [3.8, 4) is 0 Å². The molecule has 0 spiro atoms. The van der Waals surface area contributed by atoms with Gasteiger partial charge in [-0.05, 0) is 61.4 Å². The Kier molecular flexibility index (Phi) is 6.12. The van der Waals surface area contributed by atoms with Crippen molar-refractivity contribution in [1.82, 2.24) is 0 Å². The van der Waals surface area contributed by atoms with Crippen molar-refractivity contribution in [3.05, 3.63) is 52.1 Å². The van der Waals surface area contributed by atoms with Crippen LogP contribution in [0.1, 0.15) is 80.4 Å². The van der Waals surface area contributed by atoms with E-state index in [0.29, 0.717) is 11.1 Å². The molecule has 1 aliphatic carbocycles. The smallest absolute Gasteiger partial charge is 0.0737 e. The molecule has 0 aromatic heterocycles. The standard InChI is InChI=1S/C25H40Si/c1-11-22-13-23(12-2)15-24(14-22)26(17(3)4,18(5)6)25(10)16-19(7)20(8)21(25)9/h13-18H,11-12H2,1-10H3. The van der Waals surface area contributed by atoms with Crippen LogP contribution >= 0.6 is 0 Å². The summed E-state index contributed by atoms with van der Waals surface area (Å²) in [4.78, 5) is 0. The Bertz CT molecular complexity index is 702. The van der Waals surface area contributed by atoms with Crippen LogP contribution < -0.4 is 5.19 Å². The summed E-state index contributed by atoms with van der Waals surface area (Å²) < 4.78 is 0. The van der Waals surface area contributed by atoms with Crippen molar-refractivity contribution in [1.29, 1.82) is 0 Å². The molecule has 1 unspecified atom stereocenters. The maximum Gasteiger partial charge on any atom is 0.106 e. The highest BCUT2D eigenvalue weighted by molar-refractivity contribution is 6.97. The molecule has 0 N–H and O–H groups in total. The number of allylic oxidation sites excluding steroid dienone is 4. The average molecular weight is 369 g/mol. The zero-order valence-electron chi connectivity index (χ0n) is 18.9. The second-order valence-electron chi connectivity index (χ2n) is 9.20. The highest BCUT2D eigenvalue weighted by Crippen LogP contribution is 2.60. The minimum atomic E-state index is -1.89. The Hall–Kier alpha value is -1.08. The van der Waals surface area contributed by atoms with E-state index in [1.807, 2.05) is 0 Å². The summed E-state index contributed by atoms with van der Waals surface area (Å²) in [6.07, 6.45) is 4.88. The topological polar surface area (TPSA) is 0 Å². The second-order valence-corrected chi connectivity index (χ2v) is 14.9. The molecule has 0 saturated heterocycles. The molecule has 0 bridgehead atoms. The molecule has 0 aliphatic heterocycles. The molecule has 0 fully saturated rings. The highest BCUT2D eigenvalue weighted by Gasteiger charge is 2.56. The summed E-state index contributed by atoms with van der Waals surface area (Å²) in [6, 6.07) is 7.57. The lowest BCUT2D eigenvalue weighted by molar-refractivity contribution is 0.760. The van der Waals surface area contributed by atoms with Crippen LogP contribution in [0, 0.1) is 0 Å². The third-order valence-corrected chi connectivity index (χ3v) is 14.6. The van der Waals surface area contributed by atoms with Gasteiger partial charge in [0.05, 0.1) is 0 Å². The van der Waals surface area contributed by atoms with E-state index in [1.165, 1.54) is 22.3 Å². The number of rotatable bonds is 6. The largest absolute Gasteiger partial charge is 0.106 e. The number of hydrogen-bond donors (Lipinski definition) is 0. The quantitative estimate of drug-likeness (QED) is 0.461. The van der Waals surface area contributed by atoms with Crippen LogP contribution in [0.4, 0.5) is 0 Å². The van der Waals surface area contributed by atoms with Gasteiger partial charge in [-0.1, -0.05) is 89.1 Å². The van der Waals surface area contributed by atoms with Gasteiger partial charge >= 0.3 is 0 Å². The molecular weight excluding hydrogens is 328 g/mol. The molecule has 1 aromatic carbocycles. The molecule has 0 radical (unpaired) electrons. The Balaban J connectivity index is 2.90. The van der Waals surface area contributed by atoms with Crippen molar-refractivity contribution < 1.29 is 0 Å². The van der Waals surface area contributed by atoms with Crippen LogP contribution in [0.5, 0.6) is 0 Å². The monoisotopic (exact) mass is 368 g/mol. The van der Waals surface area contributed by atoms with E-state index >= 15 is 0 Å². The third-order valence-electron chi connectivity index (χ3n) is 7.47. The maximum absolute atomic E-state index is 2.63. The first-order chi connectivity index (χ1) is 12.1. The van der Waals surface area contributed by atoms with Gasteiger partial charge in [-0.3, -0.25) is 0 Å². The van der Waals surface area contributed by atoms with Crippen LogP contribution in [0.25, 0.3) is 0 Å². The fourth-order valence-electron chi connectivity index (χ4n) is 6.01. The van der Waals surface area contributed by atoms with Gasteiger partial charge in [0.25, 0.3) is 0 Å². The normalized spacial score (nSPS) is 21.2. The molecule has 1 aromatic rings. The molecule has 2 rings (SSSR count). The van der Waals surface area contributed by atoms with Crippen molar-refractivity contribution in [3.63, 3.8) is 0 Å². The van der Waals surface area contributed by atoms with Crippen molar-refractivity contribution in [2.75, 3.05) is 0 Å². The molecule has 1 aliphatic rings. The fourth-order valence-corrected chi connectivity index (χ4v) is 13.8. The van der Waals surface area contributed by atoms with Crippen LogP contribution in [0.15, 0.2) is 41.0 Å². The Morgan fingerprint density at radius 2 is 1.31 bits per heavy atom. The Labute approximate surface area is 163 Å². The van der Waals surface area contributed by atoms with Gasteiger partial charge in [0.1, 0.15) is 8.07 Å². The lowest BCUT2D eigenvalue weighted by Gasteiger charge is -2.52. The highest BCUT2D eigenvalue weighted by atomic mass is 28.3. The van der Waals surface area contributed by atoms with Gasteiger partial charge in [-0.15, -0.1) is 0 Å². The van der Waals surface area contributed by atoms with E-state index < -0.39 is 8.07 Å². The molecule has 1 heteroatoms. The lowest BCUT2D eigenvalue weighted by atomic mass is 10.0. The Morgan fingerprint density at radius 3 is 1.62 bits per heavy atom. The minimum Gasteiger partial charge on any atom is -0.0737 e. The van der Waals surface area contributed by atoms with E-state index in [-0.39, 0.29) is 5.04 Å². The molecule has 0 amide bonds. The number of hydrogen-bond acceptors (Lipinski definition) is 0. The molecule has 26 heavy (non-hydrogen) atoms. The Morgan fingerprint density at radius 1 is 0.846 bits per heavy atom. The summed E-state index contributed by atoms with van der Waals surface area (Å²) in [5.41, 5.74) is 9.03. The molecule has 1 atom stereocenters. The number of benzene rings is 1. The predicted molar refractivity (Wildman–Crippen MR) is 121 cm³/mol. The summed E-state index contributed by atoms with van der Waals surface area (Å²) in [6.45, 7) is 24.1. The van der Waals surface area contributed by atoms with E-state index in [0.717, 1.165) is 12.8 Å². The summed E-state index contributed by atoms with van der Waals surface area (Å²) in [5.74, 6) is 0. The number of aryl methyl sites for hydroxylation is 2. The van der Waals surface area contributed by atoms with Crippen molar-refractivity contribution in [2.45, 2.75) is 98.2 Å². The molecule has 0 saturated carbocycles. The second kappa shape index (κ2) is 7.50. The van der Waals surface area contributed by atoms with Gasteiger partial charge in [0.15, 0.2) is 0 Å². The predicted octanol–water partition coefficient (Wildman–Crippen LogP) is 7.34. The molecule has 0 nitrogen and oxygen atoms in total. The van der Waals surface area contributed by atoms with E-state index in [2.05, 4.69) is 93.5 Å². The first kappa shape index (κ1) is 21.2. The van der Waals surface area contributed by atoms with E-state index in [4.69, 9.17) is 0 Å². The van der Waals surface area contributed by atoms with Gasteiger partial charge in [0, 0.05) is 5.04 Å². The van der Waals surface area contributed by atoms with Crippen LogP contribution in [-0.2, 0) is 12.8 Å². The van der Waals surface area contributed by atoms with Gasteiger partial charge in [-0.25, -0.2) is 0 Å².